The molecule has 0 spiro atoms. The smallest absolute Gasteiger partial charge is 0.303 e. The molecule has 0 bridgehead atoms. The van der Waals surface area contributed by atoms with Crippen molar-refractivity contribution in [2.45, 2.75) is 143 Å². The molecule has 368 valence electrons. The first-order valence-electron chi connectivity index (χ1n) is 24.2. The van der Waals surface area contributed by atoms with Crippen LogP contribution in [0.15, 0.2) is 60.7 Å². The summed E-state index contributed by atoms with van der Waals surface area (Å²) in [6.07, 6.45) is 1.74. The molecule has 0 aromatic heterocycles. The number of rotatable bonds is 29. The fraction of sp³-hybridized carbons (Fsp3) is 0.660. The van der Waals surface area contributed by atoms with Gasteiger partial charge < -0.3 is 29.3 Å². The maximum atomic E-state index is 14.6. The lowest BCUT2D eigenvalue weighted by atomic mass is 9.83. The number of hydrogen-bond acceptors (Lipinski definition) is 9. The second kappa shape index (κ2) is 27.4. The van der Waals surface area contributed by atoms with Crippen molar-refractivity contribution in [2.24, 2.45) is 35.5 Å². The summed E-state index contributed by atoms with van der Waals surface area (Å²) in [7, 11) is 8.49. The summed E-state index contributed by atoms with van der Waals surface area (Å²) in [5.74, 6) is -3.55. The minimum atomic E-state index is -0.880. The van der Waals surface area contributed by atoms with E-state index in [1.807, 2.05) is 126 Å². The summed E-state index contributed by atoms with van der Waals surface area (Å²) in [6, 6.07) is 18.2. The first kappa shape index (κ1) is 55.9. The van der Waals surface area contributed by atoms with Crippen LogP contribution in [-0.2, 0) is 51.2 Å². The minimum absolute atomic E-state index is 0.00161. The van der Waals surface area contributed by atoms with Crippen molar-refractivity contribution >= 4 is 35.3 Å². The summed E-state index contributed by atoms with van der Waals surface area (Å²) in [4.78, 5) is 89.7. The molecule has 1 N–H and O–H groups in total. The van der Waals surface area contributed by atoms with E-state index in [9.17, 15) is 28.8 Å². The van der Waals surface area contributed by atoms with E-state index in [1.54, 1.807) is 38.1 Å². The van der Waals surface area contributed by atoms with Crippen LogP contribution in [0, 0.1) is 35.5 Å². The normalized spacial score (nSPS) is 17.7. The standard InChI is InChI=1S/C53H82N4O9/c1-13-37(6)50(56(10)53(64)42(35(2)3)32-45(59)49(36(4)5)54(8)28-21-27-48(61)62)46(65-11)33-47(60)57-29-20-26-43(57)51(66-12)38(7)44(58)31-41(30-39-22-16-14-17-23-39)52(63)55(9)34-40-24-18-15-19-25-40/h14-19,22-25,35-38,41-43,46,49-51H,13,20-21,26-34H2,1-12H3,(H,61,62)/t37-,38-,41+,42-,43-,46+,49-,50-,51+/m0/s1. The van der Waals surface area contributed by atoms with Gasteiger partial charge in [-0.15, -0.1) is 0 Å². The first-order chi connectivity index (χ1) is 31.3. The minimum Gasteiger partial charge on any atom is -0.481 e. The van der Waals surface area contributed by atoms with Gasteiger partial charge in [-0.1, -0.05) is 116 Å². The van der Waals surface area contributed by atoms with Gasteiger partial charge in [-0.25, -0.2) is 0 Å². The highest BCUT2D eigenvalue weighted by Gasteiger charge is 2.44. The van der Waals surface area contributed by atoms with E-state index in [2.05, 4.69) is 0 Å². The number of Topliss-reactive ketones (excluding diaryl/α,β-unsaturated/α-hetero) is 2. The van der Waals surface area contributed by atoms with Crippen molar-refractivity contribution in [3.63, 3.8) is 0 Å². The van der Waals surface area contributed by atoms with Crippen LogP contribution in [0.2, 0.25) is 0 Å². The third-order valence-corrected chi connectivity index (χ3v) is 14.0. The average Bonchev–Trinajstić information content (AvgIpc) is 3.77. The molecule has 1 heterocycles. The number of likely N-dealkylation sites (tertiary alicyclic amines) is 1. The Morgan fingerprint density at radius 2 is 1.38 bits per heavy atom. The monoisotopic (exact) mass is 919 g/mol. The fourth-order valence-corrected chi connectivity index (χ4v) is 10.1. The fourth-order valence-electron chi connectivity index (χ4n) is 10.1. The number of likely N-dealkylation sites (N-methyl/N-ethyl adjacent to an activating group) is 2. The number of ether oxygens (including phenoxy) is 2. The maximum Gasteiger partial charge on any atom is 0.303 e. The zero-order chi connectivity index (χ0) is 49.2. The summed E-state index contributed by atoms with van der Waals surface area (Å²) >= 11 is 0. The molecule has 2 aromatic carbocycles. The number of carbonyl (C=O) groups excluding carboxylic acids is 5. The van der Waals surface area contributed by atoms with Crippen LogP contribution < -0.4 is 0 Å². The van der Waals surface area contributed by atoms with E-state index in [0.29, 0.717) is 45.3 Å². The third-order valence-electron chi connectivity index (χ3n) is 14.0. The van der Waals surface area contributed by atoms with Gasteiger partial charge in [-0.3, -0.25) is 33.7 Å². The van der Waals surface area contributed by atoms with Crippen LogP contribution in [0.4, 0.5) is 0 Å². The molecular formula is C53H82N4O9. The van der Waals surface area contributed by atoms with Crippen LogP contribution in [0.5, 0.6) is 0 Å². The molecule has 1 saturated heterocycles. The summed E-state index contributed by atoms with van der Waals surface area (Å²) in [5.41, 5.74) is 1.97. The van der Waals surface area contributed by atoms with Crippen molar-refractivity contribution < 1.29 is 43.3 Å². The van der Waals surface area contributed by atoms with Crippen molar-refractivity contribution in [1.82, 2.24) is 19.6 Å². The SMILES string of the molecule is CC[C@H](C)[C@@H]([C@@H](CC(=O)N1CCC[C@H]1[C@H](OC)[C@@H](C)C(=O)C[C@@H](Cc1ccccc1)C(=O)N(C)Cc1ccccc1)OC)N(C)C(=O)[C@@H](CC(=O)[C@H](C(C)C)N(C)CCCC(=O)O)C(C)C. The second-order valence-corrected chi connectivity index (χ2v) is 19.5. The van der Waals surface area contributed by atoms with Gasteiger partial charge in [0.15, 0.2) is 5.78 Å². The second-order valence-electron chi connectivity index (χ2n) is 19.5. The van der Waals surface area contributed by atoms with Crippen LogP contribution in [0.25, 0.3) is 0 Å². The van der Waals surface area contributed by atoms with Crippen molar-refractivity contribution in [2.75, 3.05) is 48.5 Å². The molecule has 13 nitrogen and oxygen atoms in total. The zero-order valence-electron chi connectivity index (χ0n) is 42.1. The number of aliphatic carboxylic acids is 1. The number of carboxylic acids is 1. The molecule has 1 aliphatic rings. The quantitative estimate of drug-likeness (QED) is 0.0872. The molecule has 1 aliphatic heterocycles. The molecule has 3 amide bonds. The molecule has 9 atom stereocenters. The molecule has 1 fully saturated rings. The molecule has 0 radical (unpaired) electrons. The number of nitrogens with zero attached hydrogens (tertiary/aromatic N) is 4. The summed E-state index contributed by atoms with van der Waals surface area (Å²) in [6.45, 7) is 15.1. The number of carbonyl (C=O) groups is 6. The lowest BCUT2D eigenvalue weighted by Crippen LogP contribution is -2.54. The van der Waals surface area contributed by atoms with Gasteiger partial charge in [-0.05, 0) is 68.2 Å². The molecule has 0 saturated carbocycles. The largest absolute Gasteiger partial charge is 0.481 e. The van der Waals surface area contributed by atoms with Gasteiger partial charge in [0.25, 0.3) is 0 Å². The number of hydrogen-bond donors (Lipinski definition) is 1. The van der Waals surface area contributed by atoms with E-state index < -0.39 is 48.0 Å². The number of carboxylic acid groups (broad SMARTS) is 1. The Morgan fingerprint density at radius 1 is 0.773 bits per heavy atom. The zero-order valence-corrected chi connectivity index (χ0v) is 42.1. The molecule has 66 heavy (non-hydrogen) atoms. The summed E-state index contributed by atoms with van der Waals surface area (Å²) < 4.78 is 12.2. The van der Waals surface area contributed by atoms with Crippen molar-refractivity contribution in [3.05, 3.63) is 71.8 Å². The lowest BCUT2D eigenvalue weighted by Gasteiger charge is -2.41. The van der Waals surface area contributed by atoms with Crippen LogP contribution >= 0.6 is 0 Å². The predicted molar refractivity (Wildman–Crippen MR) is 258 cm³/mol. The molecule has 2 aromatic rings. The molecule has 0 aliphatic carbocycles. The van der Waals surface area contributed by atoms with E-state index in [1.165, 1.54) is 0 Å². The Morgan fingerprint density at radius 3 is 1.91 bits per heavy atom. The van der Waals surface area contributed by atoms with Crippen molar-refractivity contribution in [3.8, 4) is 0 Å². The lowest BCUT2D eigenvalue weighted by molar-refractivity contribution is -0.149. The third kappa shape index (κ3) is 15.8. The van der Waals surface area contributed by atoms with Gasteiger partial charge in [-0.2, -0.15) is 0 Å². The highest BCUT2D eigenvalue weighted by Crippen LogP contribution is 2.32. The maximum absolute atomic E-state index is 14.6. The first-order valence-corrected chi connectivity index (χ1v) is 24.2. The van der Waals surface area contributed by atoms with Crippen molar-refractivity contribution in [1.29, 1.82) is 0 Å². The predicted octanol–water partition coefficient (Wildman–Crippen LogP) is 7.44. The van der Waals surface area contributed by atoms with Crippen LogP contribution in [0.3, 0.4) is 0 Å². The Bertz CT molecular complexity index is 1840. The number of amides is 3. The molecule has 0 unspecified atom stereocenters. The van der Waals surface area contributed by atoms with E-state index in [4.69, 9.17) is 14.6 Å². The van der Waals surface area contributed by atoms with Gasteiger partial charge in [0.2, 0.25) is 17.7 Å². The van der Waals surface area contributed by atoms with Gasteiger partial charge in [0.05, 0.1) is 36.8 Å². The number of methoxy groups -OCH3 is 2. The van der Waals surface area contributed by atoms with E-state index in [0.717, 1.165) is 17.5 Å². The van der Waals surface area contributed by atoms with Gasteiger partial charge in [0.1, 0.15) is 5.78 Å². The van der Waals surface area contributed by atoms with E-state index >= 15 is 0 Å². The molecule has 13 heteroatoms. The van der Waals surface area contributed by atoms with E-state index in [-0.39, 0.29) is 78.8 Å². The van der Waals surface area contributed by atoms with Crippen LogP contribution in [0.1, 0.15) is 111 Å². The highest BCUT2D eigenvalue weighted by molar-refractivity contribution is 5.90. The molecular weight excluding hydrogens is 837 g/mol. The highest BCUT2D eigenvalue weighted by atomic mass is 16.5. The molecule has 3 rings (SSSR count). The Kier molecular flexibility index (Phi) is 23.2. The average molecular weight is 919 g/mol. The van der Waals surface area contributed by atoms with Crippen LogP contribution in [-0.4, -0.2) is 139 Å². The number of benzene rings is 2. The summed E-state index contributed by atoms with van der Waals surface area (Å²) in [5, 5.41) is 9.15. The Hall–Kier alpha value is -4.46. The van der Waals surface area contributed by atoms with Gasteiger partial charge >= 0.3 is 5.97 Å². The number of ketones is 2. The topological polar surface area (TPSA) is 154 Å². The Balaban J connectivity index is 1.80. The Labute approximate surface area is 395 Å². The van der Waals surface area contributed by atoms with Gasteiger partial charge in [0, 0.05) is 78.4 Å².